The summed E-state index contributed by atoms with van der Waals surface area (Å²) in [5, 5.41) is 16.1. The van der Waals surface area contributed by atoms with Gasteiger partial charge in [0, 0.05) is 44.1 Å². The molecule has 1 fully saturated rings. The third-order valence-corrected chi connectivity index (χ3v) is 3.75. The van der Waals surface area contributed by atoms with Crippen molar-refractivity contribution in [2.24, 2.45) is 11.8 Å². The minimum absolute atomic E-state index is 0. The smallest absolute Gasteiger partial charge is 0.550 e. The molecule has 1 aliphatic carbocycles. The summed E-state index contributed by atoms with van der Waals surface area (Å²) in [5.41, 5.74) is 1.65. The van der Waals surface area contributed by atoms with Gasteiger partial charge in [-0.1, -0.05) is 12.1 Å². The summed E-state index contributed by atoms with van der Waals surface area (Å²) in [5.74, 6) is -2.60. The molecule has 8 heteroatoms. The molecule has 2 atom stereocenters. The van der Waals surface area contributed by atoms with E-state index in [0.29, 0.717) is 25.1 Å². The van der Waals surface area contributed by atoms with Crippen molar-refractivity contribution in [3.63, 3.8) is 0 Å². The average molecular weight is 341 g/mol. The number of nitrogens with zero attached hydrogens (tertiary/aromatic N) is 1. The number of benzene rings is 1. The number of urea groups is 1. The van der Waals surface area contributed by atoms with E-state index in [0.717, 1.165) is 5.56 Å². The van der Waals surface area contributed by atoms with Crippen LogP contribution in [-0.2, 0) is 16.0 Å². The van der Waals surface area contributed by atoms with Crippen LogP contribution in [0, 0.1) is 11.8 Å². The fourth-order valence-corrected chi connectivity index (χ4v) is 2.21. The molecule has 0 aromatic heterocycles. The van der Waals surface area contributed by atoms with Crippen LogP contribution < -0.4 is 45.3 Å². The predicted octanol–water partition coefficient (Wildman–Crippen LogP) is -3.17. The molecule has 24 heavy (non-hydrogen) atoms. The van der Waals surface area contributed by atoms with Gasteiger partial charge < -0.3 is 25.4 Å². The van der Waals surface area contributed by atoms with E-state index in [1.54, 1.807) is 26.2 Å². The molecule has 0 unspecified atom stereocenters. The van der Waals surface area contributed by atoms with Gasteiger partial charge in [-0.15, -0.1) is 0 Å². The van der Waals surface area contributed by atoms with E-state index in [4.69, 9.17) is 0 Å². The first-order valence-electron chi connectivity index (χ1n) is 7.44. The Morgan fingerprint density at radius 1 is 1.17 bits per heavy atom. The molecular formula is C16H20N3NaO4. The summed E-state index contributed by atoms with van der Waals surface area (Å²) in [6.07, 6.45) is 1.03. The summed E-state index contributed by atoms with van der Waals surface area (Å²) < 4.78 is 0. The van der Waals surface area contributed by atoms with Gasteiger partial charge in [-0.3, -0.25) is 4.79 Å². The zero-order valence-electron chi connectivity index (χ0n) is 14.2. The zero-order chi connectivity index (χ0) is 17.0. The summed E-state index contributed by atoms with van der Waals surface area (Å²) >= 11 is 0. The molecule has 7 nitrogen and oxygen atoms in total. The van der Waals surface area contributed by atoms with Crippen LogP contribution in [0.2, 0.25) is 0 Å². The fourth-order valence-electron chi connectivity index (χ4n) is 2.21. The van der Waals surface area contributed by atoms with Gasteiger partial charge in [0.15, 0.2) is 0 Å². The molecule has 124 valence electrons. The number of hydrogen-bond donors (Lipinski definition) is 2. The Labute approximate surface area is 163 Å². The Bertz CT molecular complexity index is 604. The molecule has 1 aliphatic rings. The van der Waals surface area contributed by atoms with Crippen molar-refractivity contribution in [1.29, 1.82) is 0 Å². The van der Waals surface area contributed by atoms with Crippen LogP contribution >= 0.6 is 0 Å². The quantitative estimate of drug-likeness (QED) is 0.533. The predicted molar refractivity (Wildman–Crippen MR) is 82.5 cm³/mol. The molecule has 0 radical (unpaired) electrons. The van der Waals surface area contributed by atoms with E-state index in [9.17, 15) is 19.5 Å². The van der Waals surface area contributed by atoms with Gasteiger partial charge in [0.05, 0.1) is 0 Å². The van der Waals surface area contributed by atoms with E-state index in [1.165, 1.54) is 4.90 Å². The minimum atomic E-state index is -1.17. The molecule has 2 rings (SSSR count). The molecule has 3 amide bonds. The van der Waals surface area contributed by atoms with Gasteiger partial charge in [-0.05, 0) is 30.5 Å². The molecule has 1 aromatic rings. The van der Waals surface area contributed by atoms with Crippen molar-refractivity contribution >= 4 is 23.6 Å². The molecule has 0 heterocycles. The number of carboxylic acid groups (broad SMARTS) is 1. The maximum atomic E-state index is 11.8. The second kappa shape index (κ2) is 9.05. The van der Waals surface area contributed by atoms with Crippen molar-refractivity contribution in [3.8, 4) is 0 Å². The zero-order valence-corrected chi connectivity index (χ0v) is 16.2. The van der Waals surface area contributed by atoms with E-state index in [1.807, 2.05) is 12.1 Å². The Hall–Kier alpha value is -1.57. The second-order valence-electron chi connectivity index (χ2n) is 5.83. The number of carbonyl (C=O) groups excluding carboxylic acids is 3. The number of anilines is 1. The molecule has 1 saturated carbocycles. The molecule has 1 aromatic carbocycles. The Morgan fingerprint density at radius 3 is 2.29 bits per heavy atom. The van der Waals surface area contributed by atoms with Crippen molar-refractivity contribution < 1.29 is 49.0 Å². The van der Waals surface area contributed by atoms with Crippen LogP contribution in [-0.4, -0.2) is 43.4 Å². The normalized spacial score (nSPS) is 18.1. The van der Waals surface area contributed by atoms with E-state index < -0.39 is 17.8 Å². The van der Waals surface area contributed by atoms with Gasteiger partial charge in [0.1, 0.15) is 0 Å². The number of amides is 3. The van der Waals surface area contributed by atoms with E-state index >= 15 is 0 Å². The standard InChI is InChI=1S/C16H21N3O4.Na/c1-19(2)16(23)17-8-7-10-3-5-11(6-4-10)18-14(20)12-9-13(12)15(21)22;/h3-6,12-13H,7-9H2,1-2H3,(H,17,23)(H,18,20)(H,21,22);/q;+1/p-1/t12-,13+;/m1./s1. The molecule has 0 bridgehead atoms. The summed E-state index contributed by atoms with van der Waals surface area (Å²) in [6, 6.07) is 7.11. The van der Waals surface area contributed by atoms with Crippen LogP contribution in [0.3, 0.4) is 0 Å². The first kappa shape index (κ1) is 20.5. The molecular weight excluding hydrogens is 321 g/mol. The van der Waals surface area contributed by atoms with E-state index in [-0.39, 0.29) is 41.5 Å². The Balaban J connectivity index is 0.00000288. The minimum Gasteiger partial charge on any atom is -0.550 e. The maximum absolute atomic E-state index is 11.8. The Morgan fingerprint density at radius 2 is 1.79 bits per heavy atom. The average Bonchev–Trinajstić information content (AvgIpc) is 3.29. The fraction of sp³-hybridized carbons (Fsp3) is 0.438. The van der Waals surface area contributed by atoms with E-state index in [2.05, 4.69) is 10.6 Å². The topological polar surface area (TPSA) is 102 Å². The van der Waals surface area contributed by atoms with Gasteiger partial charge in [-0.2, -0.15) is 0 Å². The monoisotopic (exact) mass is 341 g/mol. The molecule has 2 N–H and O–H groups in total. The first-order chi connectivity index (χ1) is 10.9. The van der Waals surface area contributed by atoms with Gasteiger partial charge in [-0.25, -0.2) is 4.79 Å². The van der Waals surface area contributed by atoms with Gasteiger partial charge >= 0.3 is 35.6 Å². The largest absolute Gasteiger partial charge is 1.00 e. The van der Waals surface area contributed by atoms with Crippen molar-refractivity contribution in [2.75, 3.05) is 26.0 Å². The summed E-state index contributed by atoms with van der Waals surface area (Å²) in [6.45, 7) is 0.526. The molecule has 0 spiro atoms. The maximum Gasteiger partial charge on any atom is 1.00 e. The number of carboxylic acids is 1. The third-order valence-electron chi connectivity index (χ3n) is 3.75. The van der Waals surface area contributed by atoms with Crippen molar-refractivity contribution in [1.82, 2.24) is 10.2 Å². The number of aliphatic carboxylic acids is 1. The molecule has 0 saturated heterocycles. The second-order valence-corrected chi connectivity index (χ2v) is 5.83. The van der Waals surface area contributed by atoms with Crippen molar-refractivity contribution in [3.05, 3.63) is 29.8 Å². The van der Waals surface area contributed by atoms with Gasteiger partial charge in [0.2, 0.25) is 5.91 Å². The van der Waals surface area contributed by atoms with Crippen LogP contribution in [0.25, 0.3) is 0 Å². The first-order valence-corrected chi connectivity index (χ1v) is 7.44. The number of hydrogen-bond acceptors (Lipinski definition) is 4. The van der Waals surface area contributed by atoms with Crippen LogP contribution in [0.1, 0.15) is 12.0 Å². The SMILES string of the molecule is CN(C)C(=O)NCCc1ccc(NC(=O)[C@@H]2C[C@@H]2C(=O)[O-])cc1.[Na+]. The number of nitrogens with one attached hydrogen (secondary N) is 2. The third kappa shape index (κ3) is 5.81. The number of carbonyl (C=O) groups is 3. The van der Waals surface area contributed by atoms with Crippen LogP contribution in [0.15, 0.2) is 24.3 Å². The summed E-state index contributed by atoms with van der Waals surface area (Å²) in [4.78, 5) is 35.3. The van der Waals surface area contributed by atoms with Crippen molar-refractivity contribution in [2.45, 2.75) is 12.8 Å². The number of rotatable bonds is 6. The van der Waals surface area contributed by atoms with Crippen LogP contribution in [0.4, 0.5) is 10.5 Å². The van der Waals surface area contributed by atoms with Crippen LogP contribution in [0.5, 0.6) is 0 Å². The van der Waals surface area contributed by atoms with Gasteiger partial charge in [0.25, 0.3) is 0 Å². The summed E-state index contributed by atoms with van der Waals surface area (Å²) in [7, 11) is 3.36. The molecule has 0 aliphatic heterocycles. The Kier molecular flexibility index (Phi) is 7.72.